The van der Waals surface area contributed by atoms with Gasteiger partial charge in [-0.2, -0.15) is 0 Å². The quantitative estimate of drug-likeness (QED) is 0.105. The number of hydrogen-bond donors (Lipinski definition) is 3. The predicted octanol–water partition coefficient (Wildman–Crippen LogP) is 5.77. The highest BCUT2D eigenvalue weighted by Crippen LogP contribution is 2.20. The molecule has 88 heavy (non-hydrogen) atoms. The van der Waals surface area contributed by atoms with Crippen LogP contribution in [-0.2, 0) is 79.9 Å². The van der Waals surface area contributed by atoms with Gasteiger partial charge in [0.05, 0.1) is 19.6 Å². The number of rotatable bonds is 20. The van der Waals surface area contributed by atoms with Crippen molar-refractivity contribution in [2.24, 2.45) is 0 Å². The molecule has 0 unspecified atom stereocenters. The van der Waals surface area contributed by atoms with E-state index in [1.165, 1.54) is 0 Å². The second-order valence-corrected chi connectivity index (χ2v) is 27.4. The van der Waals surface area contributed by atoms with Crippen molar-refractivity contribution in [1.29, 1.82) is 0 Å². The van der Waals surface area contributed by atoms with E-state index in [4.69, 9.17) is 33.2 Å². The van der Waals surface area contributed by atoms with Crippen LogP contribution in [0.25, 0.3) is 0 Å². The highest BCUT2D eigenvalue weighted by Gasteiger charge is 2.35. The van der Waals surface area contributed by atoms with E-state index < -0.39 is 64.0 Å². The molecular weight excluding hydrogens is 1130 g/mol. The lowest BCUT2D eigenvalue weighted by molar-refractivity contribution is -0.164. The molecule has 2 saturated heterocycles. The van der Waals surface area contributed by atoms with E-state index in [1.54, 1.807) is 20.8 Å². The zero-order valence-electron chi connectivity index (χ0n) is 56.1. The predicted molar refractivity (Wildman–Crippen MR) is 339 cm³/mol. The Morgan fingerprint density at radius 3 is 0.932 bits per heavy atom. The van der Waals surface area contributed by atoms with Crippen molar-refractivity contribution in [2.75, 3.05) is 124 Å². The van der Waals surface area contributed by atoms with E-state index in [1.807, 2.05) is 163 Å². The van der Waals surface area contributed by atoms with E-state index in [-0.39, 0.29) is 70.0 Å². The van der Waals surface area contributed by atoms with E-state index >= 15 is 0 Å². The van der Waals surface area contributed by atoms with E-state index in [0.717, 1.165) is 50.4 Å². The van der Waals surface area contributed by atoms with Gasteiger partial charge in [0, 0.05) is 118 Å². The van der Waals surface area contributed by atoms with Crippen molar-refractivity contribution in [3.63, 3.8) is 0 Å². The molecule has 3 N–H and O–H groups in total. The molecule has 22 heteroatoms. The van der Waals surface area contributed by atoms with Gasteiger partial charge in [0.1, 0.15) is 53.3 Å². The van der Waals surface area contributed by atoms with Crippen molar-refractivity contribution in [1.82, 2.24) is 40.4 Å². The summed E-state index contributed by atoms with van der Waals surface area (Å²) in [6.45, 7) is 37.0. The van der Waals surface area contributed by atoms with Gasteiger partial charge in [-0.25, -0.2) is 0 Å². The number of nitrogens with zero attached hydrogens (tertiary/aromatic N) is 5. The molecular formula is C66H110N8O14. The molecule has 0 aliphatic carbocycles. The number of benzene rings is 2. The second-order valence-electron chi connectivity index (χ2n) is 27.4. The first-order chi connectivity index (χ1) is 41.1. The van der Waals surface area contributed by atoms with Gasteiger partial charge in [0.15, 0.2) is 0 Å². The van der Waals surface area contributed by atoms with Crippen LogP contribution in [0.1, 0.15) is 141 Å². The minimum absolute atomic E-state index is 0.0148. The highest BCUT2D eigenvalue weighted by molar-refractivity contribution is 5.79. The third-order valence-electron chi connectivity index (χ3n) is 13.3. The minimum Gasteiger partial charge on any atom is -0.461 e. The molecule has 2 aliphatic rings. The molecule has 0 radical (unpaired) electrons. The molecule has 0 spiro atoms. The fourth-order valence-electron chi connectivity index (χ4n) is 9.37. The maximum absolute atomic E-state index is 14.0. The van der Waals surface area contributed by atoms with E-state index in [0.29, 0.717) is 71.9 Å². The molecule has 2 heterocycles. The Hall–Kier alpha value is -5.59. The normalized spacial score (nSPS) is 17.5. The minimum atomic E-state index is -0.836. The fraction of sp³-hybridized carbons (Fsp3) is 0.712. The third-order valence-corrected chi connectivity index (χ3v) is 13.3. The molecule has 498 valence electrons. The molecule has 0 bridgehead atoms. The topological polar surface area (TPSA) is 236 Å². The Labute approximate surface area is 526 Å². The summed E-state index contributed by atoms with van der Waals surface area (Å²) in [5.74, 6) is -2.70. The number of hydrogen-bond acceptors (Lipinski definition) is 22. The van der Waals surface area contributed by atoms with Crippen LogP contribution in [0, 0.1) is 0 Å². The number of ether oxygens (including phenoxy) is 7. The molecule has 2 aliphatic heterocycles. The Morgan fingerprint density at radius 2 is 0.636 bits per heavy atom. The van der Waals surface area contributed by atoms with Crippen LogP contribution in [0.5, 0.6) is 0 Å². The Kier molecular flexibility index (Phi) is 33.3. The summed E-state index contributed by atoms with van der Waals surface area (Å²) in [6.07, 6.45) is 0.628. The van der Waals surface area contributed by atoms with Crippen LogP contribution in [0.2, 0.25) is 0 Å². The fourth-order valence-corrected chi connectivity index (χ4v) is 9.37. The summed E-state index contributed by atoms with van der Waals surface area (Å²) in [5, 5.41) is 10.2. The van der Waals surface area contributed by atoms with Gasteiger partial charge in [-0.3, -0.25) is 58.1 Å². The van der Waals surface area contributed by atoms with Crippen LogP contribution < -0.4 is 16.0 Å². The van der Waals surface area contributed by atoms with E-state index in [9.17, 15) is 33.6 Å². The van der Waals surface area contributed by atoms with Gasteiger partial charge in [-0.15, -0.1) is 0 Å². The summed E-state index contributed by atoms with van der Waals surface area (Å²) in [4.78, 5) is 102. The molecule has 22 nitrogen and oxygen atoms in total. The largest absolute Gasteiger partial charge is 0.461 e. The van der Waals surface area contributed by atoms with Crippen LogP contribution in [-0.4, -0.2) is 231 Å². The van der Waals surface area contributed by atoms with Gasteiger partial charge in [0.25, 0.3) is 0 Å². The zero-order chi connectivity index (χ0) is 65.6. The molecule has 2 aromatic carbocycles. The van der Waals surface area contributed by atoms with Crippen molar-refractivity contribution < 1.29 is 66.7 Å². The monoisotopic (exact) mass is 1240 g/mol. The first-order valence-corrected chi connectivity index (χ1v) is 31.4. The SMILES string of the molecule is CC(C)(C)OC(=O)CN1CCN(CC(=O)OC(C)(C)C)CCN([C@H](CCC(=O)OCc2ccccc2)C(=O)OC(C)(C)C)CCN(CC(=O)OC(C)(C)C)CC1.CC(C)(C)OC(=O)[C@@H](CCC(=O)OCc1ccccc1)N1CCNCCNCCNCC1. The summed E-state index contributed by atoms with van der Waals surface area (Å²) >= 11 is 0. The number of nitrogens with one attached hydrogen (secondary N) is 3. The Bertz CT molecular complexity index is 2340. The summed E-state index contributed by atoms with van der Waals surface area (Å²) in [6, 6.07) is 17.6. The van der Waals surface area contributed by atoms with Crippen molar-refractivity contribution in [2.45, 2.75) is 183 Å². The van der Waals surface area contributed by atoms with Crippen LogP contribution in [0.3, 0.4) is 0 Å². The highest BCUT2D eigenvalue weighted by atomic mass is 16.6. The van der Waals surface area contributed by atoms with E-state index in [2.05, 4.69) is 20.9 Å². The van der Waals surface area contributed by atoms with Crippen molar-refractivity contribution in [3.05, 3.63) is 71.8 Å². The van der Waals surface area contributed by atoms with Gasteiger partial charge in [0.2, 0.25) is 0 Å². The van der Waals surface area contributed by atoms with Gasteiger partial charge >= 0.3 is 41.8 Å². The maximum Gasteiger partial charge on any atom is 0.323 e. The first-order valence-electron chi connectivity index (χ1n) is 31.4. The molecule has 0 aromatic heterocycles. The number of carbonyl (C=O) groups excluding carboxylic acids is 7. The average Bonchev–Trinajstić information content (AvgIpc) is 3.35. The summed E-state index contributed by atoms with van der Waals surface area (Å²) in [7, 11) is 0. The average molecular weight is 1240 g/mol. The standard InChI is InChI=1S/C42H70N4O10.C24H40N4O4/c1-39(2,3)53-35(48)28-43-20-22-44(29-36(49)54-40(4,5)6)24-26-46(27-25-45(23-21-43)30-37(50)55-41(7,8)9)33(38(51)56-42(10,11)12)18-19-34(47)52-31-32-16-14-13-15-17-32;1-24(2,3)32-23(30)21(9-10-22(29)31-19-20-7-5-4-6-8-20)28-17-15-26-13-11-25-12-14-27-16-18-28/h13-17,33H,18-31H2,1-12H3;4-8,21,25-27H,9-19H2,1-3H3/t33-;21-/m11/s1. The number of esters is 7. The zero-order valence-corrected chi connectivity index (χ0v) is 56.1. The summed E-state index contributed by atoms with van der Waals surface area (Å²) < 4.78 is 39.6. The van der Waals surface area contributed by atoms with Gasteiger partial charge in [-0.1, -0.05) is 60.7 Å². The second kappa shape index (κ2) is 38.2. The Morgan fingerprint density at radius 1 is 0.364 bits per heavy atom. The number of carbonyl (C=O) groups is 7. The molecule has 2 atom stereocenters. The Balaban J connectivity index is 0.000000533. The van der Waals surface area contributed by atoms with Crippen LogP contribution in [0.15, 0.2) is 60.7 Å². The first kappa shape index (κ1) is 76.7. The van der Waals surface area contributed by atoms with Crippen molar-refractivity contribution >= 4 is 41.8 Å². The molecule has 0 saturated carbocycles. The van der Waals surface area contributed by atoms with Gasteiger partial charge in [-0.05, 0) is 128 Å². The summed E-state index contributed by atoms with van der Waals surface area (Å²) in [5.41, 5.74) is -1.62. The lowest BCUT2D eigenvalue weighted by Gasteiger charge is -2.37. The molecule has 2 aromatic rings. The third kappa shape index (κ3) is 36.8. The molecule has 4 rings (SSSR count). The van der Waals surface area contributed by atoms with Crippen LogP contribution >= 0.6 is 0 Å². The molecule has 0 amide bonds. The lowest BCUT2D eigenvalue weighted by atomic mass is 10.1. The molecule has 2 fully saturated rings. The smallest absolute Gasteiger partial charge is 0.323 e. The van der Waals surface area contributed by atoms with Crippen LogP contribution in [0.4, 0.5) is 0 Å². The van der Waals surface area contributed by atoms with Gasteiger partial charge < -0.3 is 49.1 Å². The van der Waals surface area contributed by atoms with Crippen molar-refractivity contribution in [3.8, 4) is 0 Å². The lowest BCUT2D eigenvalue weighted by Crippen LogP contribution is -2.53. The maximum atomic E-state index is 14.0.